The van der Waals surface area contributed by atoms with Crippen LogP contribution in [-0.4, -0.2) is 40.1 Å². The van der Waals surface area contributed by atoms with Crippen LogP contribution in [0.2, 0.25) is 0 Å². The van der Waals surface area contributed by atoms with Gasteiger partial charge in [-0.15, -0.1) is 10.2 Å². The number of thioether (sulfide) groups is 1. The molecule has 0 radical (unpaired) electrons. The number of aromatic nitrogens is 3. The van der Waals surface area contributed by atoms with Crippen LogP contribution in [0, 0.1) is 0 Å². The molecule has 0 unspecified atom stereocenters. The number of methoxy groups -OCH3 is 1. The van der Waals surface area contributed by atoms with E-state index in [2.05, 4.69) is 27.0 Å². The number of unbranched alkanes of at least 4 members (excludes halogenated alkanes) is 3. The number of amides is 1. The summed E-state index contributed by atoms with van der Waals surface area (Å²) >= 11 is 1.62. The summed E-state index contributed by atoms with van der Waals surface area (Å²) in [4.78, 5) is 12.1. The maximum atomic E-state index is 12.1. The highest BCUT2D eigenvalue weighted by atomic mass is 32.2. The van der Waals surface area contributed by atoms with E-state index in [0.717, 1.165) is 53.1 Å². The smallest absolute Gasteiger partial charge is 0.220 e. The van der Waals surface area contributed by atoms with Crippen LogP contribution in [0.1, 0.15) is 45.4 Å². The number of ether oxygens (including phenoxy) is 1. The molecule has 6 nitrogen and oxygen atoms in total. The molecule has 2 aromatic carbocycles. The first-order valence-electron chi connectivity index (χ1n) is 11.3. The van der Waals surface area contributed by atoms with E-state index in [1.165, 1.54) is 19.3 Å². The minimum Gasteiger partial charge on any atom is -0.497 e. The van der Waals surface area contributed by atoms with Crippen LogP contribution in [0.4, 0.5) is 0 Å². The lowest BCUT2D eigenvalue weighted by molar-refractivity contribution is -0.121. The van der Waals surface area contributed by atoms with Gasteiger partial charge in [-0.25, -0.2) is 0 Å². The van der Waals surface area contributed by atoms with Crippen molar-refractivity contribution in [3.8, 4) is 22.8 Å². The fourth-order valence-electron chi connectivity index (χ4n) is 3.39. The summed E-state index contributed by atoms with van der Waals surface area (Å²) in [5.74, 6) is 2.47. The molecule has 0 atom stereocenters. The Labute approximate surface area is 194 Å². The summed E-state index contributed by atoms with van der Waals surface area (Å²) in [6, 6.07) is 17.9. The lowest BCUT2D eigenvalue weighted by atomic mass is 10.2. The molecule has 0 aliphatic heterocycles. The van der Waals surface area contributed by atoms with Crippen molar-refractivity contribution in [3.63, 3.8) is 0 Å². The van der Waals surface area contributed by atoms with Gasteiger partial charge in [0.1, 0.15) is 5.75 Å². The van der Waals surface area contributed by atoms with Gasteiger partial charge in [0.2, 0.25) is 5.91 Å². The van der Waals surface area contributed by atoms with Crippen LogP contribution in [0.5, 0.6) is 5.75 Å². The van der Waals surface area contributed by atoms with Gasteiger partial charge in [-0.05, 0) is 37.1 Å². The van der Waals surface area contributed by atoms with Crippen LogP contribution < -0.4 is 10.1 Å². The Balaban J connectivity index is 1.63. The summed E-state index contributed by atoms with van der Waals surface area (Å²) in [6.45, 7) is 2.96. The molecule has 0 bridgehead atoms. The van der Waals surface area contributed by atoms with Crippen molar-refractivity contribution < 1.29 is 9.53 Å². The van der Waals surface area contributed by atoms with Crippen LogP contribution in [-0.2, 0) is 4.79 Å². The Morgan fingerprint density at radius 3 is 2.66 bits per heavy atom. The van der Waals surface area contributed by atoms with E-state index in [4.69, 9.17) is 4.74 Å². The molecule has 1 heterocycles. The van der Waals surface area contributed by atoms with Crippen molar-refractivity contribution in [1.82, 2.24) is 20.1 Å². The quantitative estimate of drug-likeness (QED) is 0.273. The normalized spacial score (nSPS) is 10.8. The fraction of sp³-hybridized carbons (Fsp3) is 0.400. The van der Waals surface area contributed by atoms with E-state index in [0.29, 0.717) is 6.42 Å². The van der Waals surface area contributed by atoms with E-state index in [-0.39, 0.29) is 5.91 Å². The Hall–Kier alpha value is -2.80. The Bertz CT molecular complexity index is 975. The summed E-state index contributed by atoms with van der Waals surface area (Å²) in [5.41, 5.74) is 1.94. The van der Waals surface area contributed by atoms with Crippen molar-refractivity contribution in [3.05, 3.63) is 54.6 Å². The van der Waals surface area contributed by atoms with E-state index >= 15 is 0 Å². The zero-order valence-corrected chi connectivity index (χ0v) is 19.7. The van der Waals surface area contributed by atoms with Gasteiger partial charge in [0, 0.05) is 30.0 Å². The maximum Gasteiger partial charge on any atom is 0.220 e. The Morgan fingerprint density at radius 1 is 1.03 bits per heavy atom. The Kier molecular flexibility index (Phi) is 9.62. The molecule has 32 heavy (non-hydrogen) atoms. The first-order valence-corrected chi connectivity index (χ1v) is 12.3. The molecule has 1 amide bonds. The monoisotopic (exact) mass is 452 g/mol. The van der Waals surface area contributed by atoms with Gasteiger partial charge in [0.25, 0.3) is 0 Å². The summed E-state index contributed by atoms with van der Waals surface area (Å²) in [5, 5.41) is 12.8. The van der Waals surface area contributed by atoms with E-state index in [1.807, 2.05) is 54.6 Å². The number of para-hydroxylation sites is 1. The number of hydrogen-bond acceptors (Lipinski definition) is 5. The topological polar surface area (TPSA) is 69.0 Å². The fourth-order valence-corrected chi connectivity index (χ4v) is 4.28. The zero-order chi connectivity index (χ0) is 22.6. The summed E-state index contributed by atoms with van der Waals surface area (Å²) in [7, 11) is 1.66. The molecule has 0 saturated carbocycles. The minimum absolute atomic E-state index is 0.128. The molecule has 0 aliphatic rings. The maximum absolute atomic E-state index is 12.1. The van der Waals surface area contributed by atoms with Crippen molar-refractivity contribution in [2.75, 3.05) is 19.4 Å². The first kappa shape index (κ1) is 23.9. The molecule has 1 aromatic heterocycles. The number of benzene rings is 2. The van der Waals surface area contributed by atoms with Crippen LogP contribution in [0.25, 0.3) is 17.1 Å². The molecule has 7 heteroatoms. The molecule has 0 saturated heterocycles. The number of rotatable bonds is 13. The van der Waals surface area contributed by atoms with Gasteiger partial charge >= 0.3 is 0 Å². The molecular weight excluding hydrogens is 420 g/mol. The van der Waals surface area contributed by atoms with Crippen LogP contribution >= 0.6 is 11.8 Å². The van der Waals surface area contributed by atoms with Crippen LogP contribution in [0.3, 0.4) is 0 Å². The van der Waals surface area contributed by atoms with Gasteiger partial charge in [0.05, 0.1) is 7.11 Å². The second kappa shape index (κ2) is 12.9. The summed E-state index contributed by atoms with van der Waals surface area (Å²) < 4.78 is 7.44. The molecule has 3 aromatic rings. The number of carbonyl (C=O) groups excluding carboxylic acids is 1. The number of hydrogen-bond donors (Lipinski definition) is 1. The molecular formula is C25H32N4O2S. The third-order valence-electron chi connectivity index (χ3n) is 5.11. The van der Waals surface area contributed by atoms with Crippen molar-refractivity contribution in [1.29, 1.82) is 0 Å². The number of carbonyl (C=O) groups is 1. The zero-order valence-electron chi connectivity index (χ0n) is 18.9. The third-order valence-corrected chi connectivity index (χ3v) is 6.12. The predicted octanol–water partition coefficient (Wildman–Crippen LogP) is 5.51. The average molecular weight is 453 g/mol. The highest BCUT2D eigenvalue weighted by Crippen LogP contribution is 2.30. The molecule has 3 rings (SSSR count). The second-order valence-corrected chi connectivity index (χ2v) is 8.63. The van der Waals surface area contributed by atoms with Crippen LogP contribution in [0.15, 0.2) is 59.8 Å². The number of nitrogens with zero attached hydrogens (tertiary/aromatic N) is 3. The SMILES string of the molecule is CCCCCCNC(=O)CCCSc1nnc(-c2cccc(OC)c2)n1-c1ccccc1. The van der Waals surface area contributed by atoms with Gasteiger partial charge in [-0.3, -0.25) is 9.36 Å². The van der Waals surface area contributed by atoms with Gasteiger partial charge in [-0.1, -0.05) is 68.3 Å². The number of nitrogens with one attached hydrogen (secondary N) is 1. The van der Waals surface area contributed by atoms with Crippen molar-refractivity contribution in [2.45, 2.75) is 50.6 Å². The van der Waals surface area contributed by atoms with Gasteiger partial charge in [0.15, 0.2) is 11.0 Å². The largest absolute Gasteiger partial charge is 0.497 e. The van der Waals surface area contributed by atoms with E-state index < -0.39 is 0 Å². The van der Waals surface area contributed by atoms with Crippen molar-refractivity contribution in [2.24, 2.45) is 0 Å². The highest BCUT2D eigenvalue weighted by Gasteiger charge is 2.16. The predicted molar refractivity (Wildman–Crippen MR) is 130 cm³/mol. The first-order chi connectivity index (χ1) is 15.7. The van der Waals surface area contributed by atoms with E-state index in [9.17, 15) is 4.79 Å². The highest BCUT2D eigenvalue weighted by molar-refractivity contribution is 7.99. The summed E-state index contributed by atoms with van der Waals surface area (Å²) in [6.07, 6.45) is 5.99. The standard InChI is InChI=1S/C25H32N4O2S/c1-3-4-5-9-17-26-23(30)16-11-18-32-25-28-27-24(20-12-10-15-22(19-20)31-2)29(25)21-13-7-6-8-14-21/h6-8,10,12-15,19H,3-5,9,11,16-18H2,1-2H3,(H,26,30). The minimum atomic E-state index is 0.128. The molecule has 1 N–H and O–H groups in total. The lowest BCUT2D eigenvalue weighted by Crippen LogP contribution is -2.24. The van der Waals surface area contributed by atoms with Crippen molar-refractivity contribution >= 4 is 17.7 Å². The molecule has 0 spiro atoms. The lowest BCUT2D eigenvalue weighted by Gasteiger charge is -2.11. The molecule has 0 fully saturated rings. The third kappa shape index (κ3) is 6.85. The van der Waals surface area contributed by atoms with Gasteiger partial charge in [-0.2, -0.15) is 0 Å². The molecule has 0 aliphatic carbocycles. The Morgan fingerprint density at radius 2 is 1.88 bits per heavy atom. The van der Waals surface area contributed by atoms with E-state index in [1.54, 1.807) is 18.9 Å². The molecule has 170 valence electrons. The second-order valence-electron chi connectivity index (χ2n) is 7.57. The average Bonchev–Trinajstić information content (AvgIpc) is 3.26. The van der Waals surface area contributed by atoms with Gasteiger partial charge < -0.3 is 10.1 Å².